The fraction of sp³-hybridized carbons (Fsp3) is 0.344. The minimum absolute atomic E-state index is 0.0170. The molecule has 5 rings (SSSR count). The van der Waals surface area contributed by atoms with E-state index in [1.54, 1.807) is 39.0 Å². The van der Waals surface area contributed by atoms with Gasteiger partial charge in [0.2, 0.25) is 0 Å². The number of alkyl halides is 3. The second-order valence-electron chi connectivity index (χ2n) is 11.8. The predicted octanol–water partition coefficient (Wildman–Crippen LogP) is 5.24. The van der Waals surface area contributed by atoms with Gasteiger partial charge >= 0.3 is 24.1 Å². The molecule has 3 amide bonds. The van der Waals surface area contributed by atoms with Gasteiger partial charge in [0, 0.05) is 24.2 Å². The standard InChI is InChI=1S/C32H33F3N6O7/c1-31(2,3)48-30(44)40(15-18-7-9-20(45-5)12-24(18)46-6)27-22-13-36-17-41(22)26(14-37-27)38-28(42)29(43)39(4)23-16-47-25-11-19(32(33,34)35)8-10-21(23)25/h7-14,17,23H,15-16H2,1-6H3,(H,38,42)/t23-/m1/s1. The lowest BCUT2D eigenvalue weighted by molar-refractivity contribution is -0.143. The van der Waals surface area contributed by atoms with Crippen LogP contribution in [-0.4, -0.2) is 70.7 Å². The number of imidazole rings is 1. The molecule has 4 aromatic rings. The molecule has 0 fully saturated rings. The van der Waals surface area contributed by atoms with Crippen molar-refractivity contribution in [3.05, 3.63) is 71.8 Å². The fourth-order valence-electron chi connectivity index (χ4n) is 5.06. The van der Waals surface area contributed by atoms with Crippen molar-refractivity contribution in [3.8, 4) is 17.2 Å². The number of benzene rings is 2. The Morgan fingerprint density at radius 1 is 1.06 bits per heavy atom. The van der Waals surface area contributed by atoms with E-state index in [2.05, 4.69) is 15.3 Å². The van der Waals surface area contributed by atoms with E-state index in [9.17, 15) is 27.6 Å². The quantitative estimate of drug-likeness (QED) is 0.262. The summed E-state index contributed by atoms with van der Waals surface area (Å²) in [7, 11) is 4.36. The second-order valence-corrected chi connectivity index (χ2v) is 11.8. The molecule has 0 unspecified atom stereocenters. The number of carbonyl (C=O) groups is 3. The number of amides is 3. The van der Waals surface area contributed by atoms with Crippen molar-refractivity contribution in [1.29, 1.82) is 0 Å². The summed E-state index contributed by atoms with van der Waals surface area (Å²) in [6.45, 7) is 5.01. The smallest absolute Gasteiger partial charge is 0.416 e. The molecule has 1 aliphatic rings. The van der Waals surface area contributed by atoms with Gasteiger partial charge < -0.3 is 29.2 Å². The number of hydrogen-bond donors (Lipinski definition) is 1. The molecule has 0 saturated heterocycles. The van der Waals surface area contributed by atoms with Crippen molar-refractivity contribution < 1.29 is 46.5 Å². The molecule has 1 N–H and O–H groups in total. The van der Waals surface area contributed by atoms with E-state index >= 15 is 0 Å². The van der Waals surface area contributed by atoms with Gasteiger partial charge in [-0.3, -0.25) is 18.9 Å². The Balaban J connectivity index is 1.41. The third-order valence-electron chi connectivity index (χ3n) is 7.45. The zero-order chi connectivity index (χ0) is 35.0. The highest BCUT2D eigenvalue weighted by Gasteiger charge is 2.37. The Kier molecular flexibility index (Phi) is 9.11. The van der Waals surface area contributed by atoms with Gasteiger partial charge in [-0.2, -0.15) is 13.2 Å². The molecule has 0 aliphatic carbocycles. The number of nitrogens with zero attached hydrogens (tertiary/aromatic N) is 5. The van der Waals surface area contributed by atoms with E-state index in [1.807, 2.05) is 0 Å². The summed E-state index contributed by atoms with van der Waals surface area (Å²) in [5.74, 6) is -0.839. The third-order valence-corrected chi connectivity index (χ3v) is 7.45. The molecule has 254 valence electrons. The SMILES string of the molecule is COc1ccc(CN(C(=O)OC(C)(C)C)c2ncc(NC(=O)C(=O)N(C)[C@@H]3COc4cc(C(F)(F)F)ccc43)n3cncc23)c(OC)c1. The van der Waals surface area contributed by atoms with Crippen LogP contribution in [0.3, 0.4) is 0 Å². The first-order valence-electron chi connectivity index (χ1n) is 14.6. The first kappa shape index (κ1) is 33.8. The maximum atomic E-state index is 13.5. The van der Waals surface area contributed by atoms with Crippen LogP contribution in [0.4, 0.5) is 29.6 Å². The summed E-state index contributed by atoms with van der Waals surface area (Å²) >= 11 is 0. The number of rotatable bonds is 7. The van der Waals surface area contributed by atoms with E-state index in [4.69, 9.17) is 18.9 Å². The highest BCUT2D eigenvalue weighted by Crippen LogP contribution is 2.40. The lowest BCUT2D eigenvalue weighted by atomic mass is 10.0. The fourth-order valence-corrected chi connectivity index (χ4v) is 5.06. The lowest BCUT2D eigenvalue weighted by Crippen LogP contribution is -2.40. The summed E-state index contributed by atoms with van der Waals surface area (Å²) < 4.78 is 62.8. The maximum Gasteiger partial charge on any atom is 0.416 e. The van der Waals surface area contributed by atoms with Crippen molar-refractivity contribution in [2.45, 2.75) is 45.1 Å². The third kappa shape index (κ3) is 6.91. The Morgan fingerprint density at radius 2 is 1.81 bits per heavy atom. The lowest BCUT2D eigenvalue weighted by Gasteiger charge is -2.28. The molecule has 0 bridgehead atoms. The van der Waals surface area contributed by atoms with Crippen molar-refractivity contribution >= 4 is 35.1 Å². The van der Waals surface area contributed by atoms with Crippen LogP contribution in [-0.2, 0) is 27.0 Å². The number of fused-ring (bicyclic) bond motifs is 2. The topological polar surface area (TPSA) is 137 Å². The number of likely N-dealkylation sites (N-methyl/N-ethyl adjacent to an activating group) is 1. The van der Waals surface area contributed by atoms with Crippen LogP contribution < -0.4 is 24.4 Å². The molecule has 48 heavy (non-hydrogen) atoms. The largest absolute Gasteiger partial charge is 0.497 e. The summed E-state index contributed by atoms with van der Waals surface area (Å²) in [5.41, 5.74) is -0.485. The van der Waals surface area contributed by atoms with Crippen molar-refractivity contribution in [3.63, 3.8) is 0 Å². The van der Waals surface area contributed by atoms with Crippen LogP contribution in [0.15, 0.2) is 55.1 Å². The number of halogens is 3. The number of methoxy groups -OCH3 is 2. The summed E-state index contributed by atoms with van der Waals surface area (Å²) in [5, 5.41) is 2.51. The van der Waals surface area contributed by atoms with Gasteiger partial charge in [-0.25, -0.2) is 14.8 Å². The average Bonchev–Trinajstić information content (AvgIpc) is 3.70. The molecule has 1 aliphatic heterocycles. The zero-order valence-electron chi connectivity index (χ0n) is 26.9. The van der Waals surface area contributed by atoms with Gasteiger partial charge in [0.1, 0.15) is 47.1 Å². The van der Waals surface area contributed by atoms with Crippen molar-refractivity contribution in [1.82, 2.24) is 19.3 Å². The monoisotopic (exact) mass is 670 g/mol. The second kappa shape index (κ2) is 12.9. The zero-order valence-corrected chi connectivity index (χ0v) is 26.9. The van der Waals surface area contributed by atoms with Gasteiger partial charge in [0.25, 0.3) is 0 Å². The number of ether oxygens (including phenoxy) is 4. The molecule has 2 aromatic carbocycles. The summed E-state index contributed by atoms with van der Waals surface area (Å²) in [6, 6.07) is 7.32. The molecule has 0 saturated carbocycles. The minimum Gasteiger partial charge on any atom is -0.497 e. The van der Waals surface area contributed by atoms with Crippen LogP contribution in [0, 0.1) is 0 Å². The van der Waals surface area contributed by atoms with Crippen LogP contribution in [0.1, 0.15) is 43.5 Å². The van der Waals surface area contributed by atoms with E-state index in [-0.39, 0.29) is 30.5 Å². The van der Waals surface area contributed by atoms with Crippen molar-refractivity contribution in [2.75, 3.05) is 38.1 Å². The van der Waals surface area contributed by atoms with Gasteiger partial charge in [-0.05, 0) is 45.0 Å². The Labute approximate surface area is 273 Å². The van der Waals surface area contributed by atoms with E-state index in [0.717, 1.165) is 17.0 Å². The Bertz CT molecular complexity index is 1870. The number of hydrogen-bond acceptors (Lipinski definition) is 9. The van der Waals surface area contributed by atoms with Crippen LogP contribution in [0.25, 0.3) is 5.52 Å². The molecule has 3 heterocycles. The van der Waals surface area contributed by atoms with Gasteiger partial charge in [0.05, 0.1) is 44.8 Å². The molecule has 2 aromatic heterocycles. The number of aromatic nitrogens is 3. The van der Waals surface area contributed by atoms with E-state index in [1.165, 1.54) is 55.4 Å². The van der Waals surface area contributed by atoms with Gasteiger partial charge in [-0.15, -0.1) is 0 Å². The molecule has 13 nitrogen and oxygen atoms in total. The van der Waals surface area contributed by atoms with Gasteiger partial charge in [0.15, 0.2) is 5.82 Å². The minimum atomic E-state index is -4.56. The van der Waals surface area contributed by atoms with Crippen molar-refractivity contribution in [2.24, 2.45) is 0 Å². The number of carbonyl (C=O) groups excluding carboxylic acids is 3. The van der Waals surface area contributed by atoms with E-state index in [0.29, 0.717) is 28.1 Å². The number of nitrogens with one attached hydrogen (secondary N) is 1. The summed E-state index contributed by atoms with van der Waals surface area (Å²) in [6.07, 6.45) is -1.23. The Hall–Kier alpha value is -5.54. The number of anilines is 2. The molecule has 0 spiro atoms. The van der Waals surface area contributed by atoms with Crippen LogP contribution >= 0.6 is 0 Å². The van der Waals surface area contributed by atoms with Crippen LogP contribution in [0.5, 0.6) is 17.2 Å². The molecule has 1 atom stereocenters. The van der Waals surface area contributed by atoms with E-state index < -0.39 is 41.3 Å². The van der Waals surface area contributed by atoms with Gasteiger partial charge in [-0.1, -0.05) is 6.07 Å². The molecule has 0 radical (unpaired) electrons. The predicted molar refractivity (Wildman–Crippen MR) is 166 cm³/mol. The average molecular weight is 671 g/mol. The maximum absolute atomic E-state index is 13.5. The highest BCUT2D eigenvalue weighted by atomic mass is 19.4. The molecule has 16 heteroatoms. The normalized spacial score (nSPS) is 14.1. The highest BCUT2D eigenvalue weighted by molar-refractivity contribution is 6.39. The van der Waals surface area contributed by atoms with Crippen LogP contribution in [0.2, 0.25) is 0 Å². The first-order valence-corrected chi connectivity index (χ1v) is 14.6. The Morgan fingerprint density at radius 3 is 2.48 bits per heavy atom. The molecular weight excluding hydrogens is 637 g/mol. The molecular formula is C32H33F3N6O7. The first-order chi connectivity index (χ1) is 22.6. The summed E-state index contributed by atoms with van der Waals surface area (Å²) in [4.78, 5) is 50.9.